The predicted molar refractivity (Wildman–Crippen MR) is 127 cm³/mol. The third-order valence-corrected chi connectivity index (χ3v) is 7.12. The van der Waals surface area contributed by atoms with Crippen LogP contribution in [0.25, 0.3) is 0 Å². The zero-order chi connectivity index (χ0) is 25.2. The van der Waals surface area contributed by atoms with E-state index in [4.69, 9.17) is 4.74 Å². The first kappa shape index (κ1) is 23.0. The minimum absolute atomic E-state index is 0.0908. The Morgan fingerprint density at radius 1 is 1.09 bits per heavy atom. The van der Waals surface area contributed by atoms with Gasteiger partial charge in [0.15, 0.2) is 5.41 Å². The molecule has 0 saturated carbocycles. The van der Waals surface area contributed by atoms with Gasteiger partial charge in [-0.25, -0.2) is 9.69 Å². The highest BCUT2D eigenvalue weighted by molar-refractivity contribution is 6.30. The van der Waals surface area contributed by atoms with E-state index in [1.165, 1.54) is 12.1 Å². The number of carbonyl (C=O) groups excluding carboxylic acids is 3. The minimum Gasteiger partial charge on any atom is -0.372 e. The van der Waals surface area contributed by atoms with Crippen LogP contribution in [0.3, 0.4) is 0 Å². The second-order valence-electron chi connectivity index (χ2n) is 9.71. The maximum absolute atomic E-state index is 14.3. The number of rotatable bonds is 2. The third-order valence-electron chi connectivity index (χ3n) is 7.12. The lowest BCUT2D eigenvalue weighted by molar-refractivity contribution is -0.384. The number of barbiturate groups is 1. The number of nitro groups is 1. The molecule has 4 unspecified atom stereocenters. The number of non-ortho nitro benzene ring substituents is 1. The van der Waals surface area contributed by atoms with Crippen LogP contribution in [-0.2, 0) is 20.7 Å². The Labute approximate surface area is 202 Å². The van der Waals surface area contributed by atoms with Crippen molar-refractivity contribution in [2.24, 2.45) is 5.41 Å². The van der Waals surface area contributed by atoms with E-state index in [-0.39, 0.29) is 18.2 Å². The standard InChI is InChI=1S/C25H26N4O6/c1-13-7-14(2)9-19(8-13)28-23(31)25(22(30)26-24(28)32)11-17-10-18(29(33)34)5-6-20(17)27-12-15(3)35-16(4)21(25)27/h5-10,15-16,21H,11-12H2,1-4H3,(H,26,30,32). The molecule has 2 fully saturated rings. The summed E-state index contributed by atoms with van der Waals surface area (Å²) in [4.78, 5) is 54.8. The van der Waals surface area contributed by atoms with E-state index in [0.717, 1.165) is 21.7 Å². The van der Waals surface area contributed by atoms with Crippen LogP contribution >= 0.6 is 0 Å². The van der Waals surface area contributed by atoms with Crippen molar-refractivity contribution in [1.29, 1.82) is 0 Å². The van der Waals surface area contributed by atoms with Gasteiger partial charge in [-0.1, -0.05) is 6.07 Å². The van der Waals surface area contributed by atoms with Gasteiger partial charge in [0.25, 0.3) is 11.6 Å². The number of ether oxygens (including phenoxy) is 1. The summed E-state index contributed by atoms with van der Waals surface area (Å²) in [6, 6.07) is 8.34. The van der Waals surface area contributed by atoms with E-state index < -0.39 is 40.3 Å². The lowest BCUT2D eigenvalue weighted by Gasteiger charge is -2.56. The number of nitrogens with zero attached hydrogens (tertiary/aromatic N) is 3. The molecule has 182 valence electrons. The van der Waals surface area contributed by atoms with Crippen molar-refractivity contribution >= 4 is 34.9 Å². The van der Waals surface area contributed by atoms with E-state index >= 15 is 0 Å². The van der Waals surface area contributed by atoms with E-state index in [1.807, 2.05) is 38.7 Å². The first-order valence-corrected chi connectivity index (χ1v) is 11.5. The fourth-order valence-corrected chi connectivity index (χ4v) is 5.94. The van der Waals surface area contributed by atoms with Gasteiger partial charge in [0.1, 0.15) is 0 Å². The van der Waals surface area contributed by atoms with E-state index in [0.29, 0.717) is 17.8 Å². The van der Waals surface area contributed by atoms with Crippen LogP contribution in [0.15, 0.2) is 36.4 Å². The third kappa shape index (κ3) is 3.39. The van der Waals surface area contributed by atoms with Crippen molar-refractivity contribution in [1.82, 2.24) is 5.32 Å². The van der Waals surface area contributed by atoms with Gasteiger partial charge in [-0.3, -0.25) is 25.0 Å². The van der Waals surface area contributed by atoms with E-state index in [1.54, 1.807) is 18.2 Å². The maximum Gasteiger partial charge on any atom is 0.335 e. The number of morpholine rings is 1. The van der Waals surface area contributed by atoms with Crippen LogP contribution in [0.1, 0.15) is 30.5 Å². The average molecular weight is 479 g/mol. The summed E-state index contributed by atoms with van der Waals surface area (Å²) in [5.74, 6) is -1.38. The van der Waals surface area contributed by atoms with Crippen LogP contribution in [0.5, 0.6) is 0 Å². The van der Waals surface area contributed by atoms with Crippen LogP contribution in [0.2, 0.25) is 0 Å². The molecule has 0 radical (unpaired) electrons. The zero-order valence-corrected chi connectivity index (χ0v) is 19.9. The molecular weight excluding hydrogens is 452 g/mol. The van der Waals surface area contributed by atoms with Gasteiger partial charge >= 0.3 is 6.03 Å². The Kier molecular flexibility index (Phi) is 5.17. The number of urea groups is 1. The second-order valence-corrected chi connectivity index (χ2v) is 9.71. The molecule has 10 nitrogen and oxygen atoms in total. The fourth-order valence-electron chi connectivity index (χ4n) is 5.94. The number of nitrogens with one attached hydrogen (secondary N) is 1. The average Bonchev–Trinajstić information content (AvgIpc) is 2.76. The lowest BCUT2D eigenvalue weighted by atomic mass is 9.66. The molecule has 10 heteroatoms. The number of aryl methyl sites for hydroxylation is 2. The molecule has 4 atom stereocenters. The normalized spacial score (nSPS) is 28.0. The van der Waals surface area contributed by atoms with Crippen molar-refractivity contribution in [2.45, 2.75) is 52.4 Å². The summed E-state index contributed by atoms with van der Waals surface area (Å²) in [7, 11) is 0. The molecule has 2 aromatic rings. The Morgan fingerprint density at radius 3 is 2.43 bits per heavy atom. The number of fused-ring (bicyclic) bond motifs is 4. The number of anilines is 2. The summed E-state index contributed by atoms with van der Waals surface area (Å²) >= 11 is 0. The van der Waals surface area contributed by atoms with Crippen molar-refractivity contribution in [2.75, 3.05) is 16.3 Å². The first-order valence-electron chi connectivity index (χ1n) is 11.5. The molecular formula is C25H26N4O6. The van der Waals surface area contributed by atoms with Gasteiger partial charge in [0, 0.05) is 30.8 Å². The molecule has 0 aromatic heterocycles. The Balaban J connectivity index is 1.71. The van der Waals surface area contributed by atoms with Crippen molar-refractivity contribution in [3.8, 4) is 0 Å². The van der Waals surface area contributed by atoms with Crippen LogP contribution < -0.4 is 15.1 Å². The fraction of sp³-hybridized carbons (Fsp3) is 0.400. The Hall–Kier alpha value is -3.79. The molecule has 2 saturated heterocycles. The molecule has 1 N–H and O–H groups in total. The highest BCUT2D eigenvalue weighted by Crippen LogP contribution is 2.49. The summed E-state index contributed by atoms with van der Waals surface area (Å²) in [6.45, 7) is 7.82. The molecule has 2 aromatic carbocycles. The van der Waals surface area contributed by atoms with Crippen molar-refractivity contribution in [3.63, 3.8) is 0 Å². The largest absolute Gasteiger partial charge is 0.372 e. The molecule has 1 spiro atoms. The van der Waals surface area contributed by atoms with Crippen LogP contribution in [0.4, 0.5) is 21.9 Å². The van der Waals surface area contributed by atoms with Gasteiger partial charge in [0.2, 0.25) is 5.91 Å². The number of amides is 4. The van der Waals surface area contributed by atoms with Gasteiger partial charge in [-0.2, -0.15) is 0 Å². The molecule has 0 aliphatic carbocycles. The molecule has 5 rings (SSSR count). The zero-order valence-electron chi connectivity index (χ0n) is 19.9. The smallest absolute Gasteiger partial charge is 0.335 e. The molecule has 35 heavy (non-hydrogen) atoms. The molecule has 3 aliphatic heterocycles. The summed E-state index contributed by atoms with van der Waals surface area (Å²) in [5, 5.41) is 13.9. The second kappa shape index (κ2) is 7.88. The number of nitro benzene ring substituents is 1. The number of hydrogen-bond acceptors (Lipinski definition) is 7. The highest BCUT2D eigenvalue weighted by Gasteiger charge is 2.65. The number of carbonyl (C=O) groups is 3. The quantitative estimate of drug-likeness (QED) is 0.400. The Bertz CT molecular complexity index is 1270. The van der Waals surface area contributed by atoms with Crippen LogP contribution in [-0.4, -0.2) is 47.6 Å². The number of imide groups is 2. The molecule has 3 heterocycles. The topological polar surface area (TPSA) is 122 Å². The summed E-state index contributed by atoms with van der Waals surface area (Å²) in [5.41, 5.74) is 1.48. The Morgan fingerprint density at radius 2 is 1.77 bits per heavy atom. The van der Waals surface area contributed by atoms with Crippen molar-refractivity contribution in [3.05, 3.63) is 63.2 Å². The van der Waals surface area contributed by atoms with Gasteiger partial charge in [-0.05, 0) is 62.6 Å². The minimum atomic E-state index is -1.71. The highest BCUT2D eigenvalue weighted by atomic mass is 16.6. The van der Waals surface area contributed by atoms with Gasteiger partial charge < -0.3 is 9.64 Å². The molecule has 4 amide bonds. The van der Waals surface area contributed by atoms with Gasteiger partial charge in [-0.15, -0.1) is 0 Å². The number of benzene rings is 2. The predicted octanol–water partition coefficient (Wildman–Crippen LogP) is 3.02. The van der Waals surface area contributed by atoms with E-state index in [2.05, 4.69) is 5.32 Å². The SMILES string of the molecule is Cc1cc(C)cc(N2C(=O)NC(=O)C3(Cc4cc([N+](=O)[O-])ccc4N4CC(C)OC(C)C43)C2=O)c1. The lowest BCUT2D eigenvalue weighted by Crippen LogP contribution is -2.76. The van der Waals surface area contributed by atoms with Gasteiger partial charge in [0.05, 0.1) is 28.9 Å². The monoisotopic (exact) mass is 478 g/mol. The number of hydrogen-bond donors (Lipinski definition) is 1. The van der Waals surface area contributed by atoms with E-state index in [9.17, 15) is 24.5 Å². The summed E-state index contributed by atoms with van der Waals surface area (Å²) < 4.78 is 6.08. The first-order chi connectivity index (χ1) is 16.5. The molecule has 0 bridgehead atoms. The molecule has 3 aliphatic rings. The summed E-state index contributed by atoms with van der Waals surface area (Å²) in [6.07, 6.45) is -0.809. The van der Waals surface area contributed by atoms with Crippen molar-refractivity contribution < 1.29 is 24.0 Å². The maximum atomic E-state index is 14.3. The van der Waals surface area contributed by atoms with Crippen LogP contribution in [0, 0.1) is 29.4 Å².